The van der Waals surface area contributed by atoms with Crippen molar-refractivity contribution in [1.82, 2.24) is 10.7 Å². The van der Waals surface area contributed by atoms with E-state index in [1.54, 1.807) is 0 Å². The summed E-state index contributed by atoms with van der Waals surface area (Å²) in [6, 6.07) is 0. The Bertz CT molecular complexity index is 197. The molecule has 0 amide bonds. The number of carbonyl (C=O) groups excluding carboxylic acids is 1. The van der Waals surface area contributed by atoms with E-state index in [1.165, 1.54) is 7.11 Å². The van der Waals surface area contributed by atoms with Crippen LogP contribution in [0.2, 0.25) is 0 Å². The normalized spacial score (nSPS) is 24.6. The predicted molar refractivity (Wildman–Crippen MR) is 64.9 cm³/mol. The number of carbonyl (C=O) groups is 1. The summed E-state index contributed by atoms with van der Waals surface area (Å²) in [6.07, 6.45) is 4.10. The molecule has 0 aromatic heterocycles. The number of nitrogens with two attached hydrogens (primary N) is 1. The van der Waals surface area contributed by atoms with Gasteiger partial charge in [0.25, 0.3) is 0 Å². The second-order valence-corrected chi connectivity index (χ2v) is 4.08. The molecule has 0 spiro atoms. The topological polar surface area (TPSA) is 76.4 Å². The fraction of sp³-hybridized carbons (Fsp3) is 0.900. The van der Waals surface area contributed by atoms with Crippen LogP contribution in [-0.4, -0.2) is 26.3 Å². The highest BCUT2D eigenvalue weighted by Crippen LogP contribution is 2.28. The standard InChI is InChI=1S/C10H21N3O2.ClH/c1-15-10(14)9-4-2-8(3-5-9)6-12-7-13-11;/h8-9,12-13H,2-7,11H2,1H3;1H. The summed E-state index contributed by atoms with van der Waals surface area (Å²) in [5.41, 5.74) is 2.56. The lowest BCUT2D eigenvalue weighted by Gasteiger charge is -2.26. The minimum Gasteiger partial charge on any atom is -0.469 e. The molecular formula is C10H22ClN3O2. The van der Waals surface area contributed by atoms with E-state index in [4.69, 9.17) is 10.6 Å². The number of nitrogens with one attached hydrogen (secondary N) is 2. The Balaban J connectivity index is 0.00000225. The van der Waals surface area contributed by atoms with Gasteiger partial charge in [-0.15, -0.1) is 12.4 Å². The van der Waals surface area contributed by atoms with Gasteiger partial charge in [0, 0.05) is 0 Å². The summed E-state index contributed by atoms with van der Waals surface area (Å²) >= 11 is 0. The Hall–Kier alpha value is -0.360. The Morgan fingerprint density at radius 2 is 2.00 bits per heavy atom. The van der Waals surface area contributed by atoms with E-state index in [9.17, 15) is 4.79 Å². The van der Waals surface area contributed by atoms with Crippen LogP contribution in [0.4, 0.5) is 0 Å². The molecular weight excluding hydrogens is 230 g/mol. The molecule has 1 saturated carbocycles. The highest BCUT2D eigenvalue weighted by atomic mass is 35.5. The van der Waals surface area contributed by atoms with Crippen molar-refractivity contribution in [2.45, 2.75) is 25.7 Å². The number of esters is 1. The molecule has 96 valence electrons. The third kappa shape index (κ3) is 5.12. The monoisotopic (exact) mass is 251 g/mol. The van der Waals surface area contributed by atoms with Crippen LogP contribution in [0, 0.1) is 11.8 Å². The van der Waals surface area contributed by atoms with Gasteiger partial charge in [-0.2, -0.15) is 0 Å². The van der Waals surface area contributed by atoms with Gasteiger partial charge in [-0.05, 0) is 38.1 Å². The van der Waals surface area contributed by atoms with Crippen molar-refractivity contribution in [1.29, 1.82) is 0 Å². The molecule has 1 aliphatic rings. The third-order valence-electron chi connectivity index (χ3n) is 3.04. The second kappa shape index (κ2) is 8.75. The molecule has 1 aliphatic carbocycles. The highest BCUT2D eigenvalue weighted by Gasteiger charge is 2.26. The molecule has 4 N–H and O–H groups in total. The van der Waals surface area contributed by atoms with Gasteiger partial charge in [-0.1, -0.05) is 0 Å². The molecule has 0 radical (unpaired) electrons. The lowest BCUT2D eigenvalue weighted by Crippen LogP contribution is -2.37. The Kier molecular flexibility index (Phi) is 8.56. The van der Waals surface area contributed by atoms with Gasteiger partial charge in [0.2, 0.25) is 0 Å². The number of hydrazine groups is 1. The molecule has 1 rings (SSSR count). The molecule has 0 aromatic carbocycles. The van der Waals surface area contributed by atoms with Gasteiger partial charge in [0.15, 0.2) is 0 Å². The zero-order valence-electron chi connectivity index (χ0n) is 9.70. The molecule has 0 saturated heterocycles. The van der Waals surface area contributed by atoms with Crippen molar-refractivity contribution in [2.24, 2.45) is 17.7 Å². The molecule has 5 nitrogen and oxygen atoms in total. The minimum absolute atomic E-state index is 0. The zero-order chi connectivity index (χ0) is 11.1. The van der Waals surface area contributed by atoms with E-state index in [0.717, 1.165) is 32.2 Å². The molecule has 0 bridgehead atoms. The molecule has 0 unspecified atom stereocenters. The van der Waals surface area contributed by atoms with Crippen LogP contribution in [0.5, 0.6) is 0 Å². The maximum atomic E-state index is 11.3. The Morgan fingerprint density at radius 3 is 2.50 bits per heavy atom. The highest BCUT2D eigenvalue weighted by molar-refractivity contribution is 5.85. The molecule has 0 atom stereocenters. The average Bonchev–Trinajstić information content (AvgIpc) is 2.29. The van der Waals surface area contributed by atoms with Crippen LogP contribution in [0.15, 0.2) is 0 Å². The maximum Gasteiger partial charge on any atom is 0.308 e. The fourth-order valence-electron chi connectivity index (χ4n) is 2.12. The smallest absolute Gasteiger partial charge is 0.308 e. The number of ether oxygens (including phenoxy) is 1. The quantitative estimate of drug-likeness (QED) is 0.217. The summed E-state index contributed by atoms with van der Waals surface area (Å²) in [6.45, 7) is 1.61. The molecule has 0 aliphatic heterocycles. The van der Waals surface area contributed by atoms with Gasteiger partial charge in [-0.25, -0.2) is 5.43 Å². The van der Waals surface area contributed by atoms with E-state index in [-0.39, 0.29) is 24.3 Å². The van der Waals surface area contributed by atoms with Crippen molar-refractivity contribution in [2.75, 3.05) is 20.3 Å². The second-order valence-electron chi connectivity index (χ2n) is 4.08. The SMILES string of the molecule is COC(=O)C1CCC(CNCNN)CC1.Cl. The lowest BCUT2D eigenvalue weighted by molar-refractivity contribution is -0.146. The lowest BCUT2D eigenvalue weighted by atomic mass is 9.82. The minimum atomic E-state index is -0.0509. The zero-order valence-corrected chi connectivity index (χ0v) is 10.5. The maximum absolute atomic E-state index is 11.3. The van der Waals surface area contributed by atoms with Gasteiger partial charge in [-0.3, -0.25) is 10.6 Å². The van der Waals surface area contributed by atoms with Gasteiger partial charge in [0.1, 0.15) is 0 Å². The molecule has 0 aromatic rings. The van der Waals surface area contributed by atoms with Crippen molar-refractivity contribution < 1.29 is 9.53 Å². The van der Waals surface area contributed by atoms with Gasteiger partial charge in [0.05, 0.1) is 19.7 Å². The van der Waals surface area contributed by atoms with Crippen molar-refractivity contribution in [3.8, 4) is 0 Å². The van der Waals surface area contributed by atoms with E-state index >= 15 is 0 Å². The number of methoxy groups -OCH3 is 1. The van der Waals surface area contributed by atoms with Crippen LogP contribution in [0.1, 0.15) is 25.7 Å². The first-order valence-corrected chi connectivity index (χ1v) is 5.50. The first-order valence-electron chi connectivity index (χ1n) is 5.50. The molecule has 1 fully saturated rings. The van der Waals surface area contributed by atoms with Crippen LogP contribution >= 0.6 is 12.4 Å². The predicted octanol–water partition coefficient (Wildman–Crippen LogP) is 0.398. The number of hydrogen-bond acceptors (Lipinski definition) is 5. The van der Waals surface area contributed by atoms with E-state index < -0.39 is 0 Å². The van der Waals surface area contributed by atoms with E-state index in [1.807, 2.05) is 0 Å². The number of halogens is 1. The largest absolute Gasteiger partial charge is 0.469 e. The first-order chi connectivity index (χ1) is 7.27. The fourth-order valence-corrected chi connectivity index (χ4v) is 2.12. The Labute approximate surface area is 103 Å². The molecule has 0 heterocycles. The summed E-state index contributed by atoms with van der Waals surface area (Å²) in [4.78, 5) is 11.3. The first kappa shape index (κ1) is 15.6. The van der Waals surface area contributed by atoms with Crippen LogP contribution in [0.3, 0.4) is 0 Å². The molecule has 6 heteroatoms. The van der Waals surface area contributed by atoms with Crippen molar-refractivity contribution >= 4 is 18.4 Å². The third-order valence-corrected chi connectivity index (χ3v) is 3.04. The van der Waals surface area contributed by atoms with Crippen molar-refractivity contribution in [3.63, 3.8) is 0 Å². The van der Waals surface area contributed by atoms with Crippen LogP contribution < -0.4 is 16.6 Å². The van der Waals surface area contributed by atoms with Gasteiger partial charge < -0.3 is 10.1 Å². The summed E-state index contributed by atoms with van der Waals surface area (Å²) < 4.78 is 4.74. The van der Waals surface area contributed by atoms with Gasteiger partial charge >= 0.3 is 5.97 Å². The summed E-state index contributed by atoms with van der Waals surface area (Å²) in [7, 11) is 1.46. The van der Waals surface area contributed by atoms with E-state index in [2.05, 4.69) is 10.7 Å². The summed E-state index contributed by atoms with van der Waals surface area (Å²) in [5.74, 6) is 5.89. The average molecular weight is 252 g/mol. The van der Waals surface area contributed by atoms with Crippen LogP contribution in [0.25, 0.3) is 0 Å². The summed E-state index contributed by atoms with van der Waals surface area (Å²) in [5, 5.41) is 3.21. The van der Waals surface area contributed by atoms with E-state index in [0.29, 0.717) is 12.6 Å². The molecule has 16 heavy (non-hydrogen) atoms. The van der Waals surface area contributed by atoms with Crippen molar-refractivity contribution in [3.05, 3.63) is 0 Å². The van der Waals surface area contributed by atoms with Crippen LogP contribution in [-0.2, 0) is 9.53 Å². The number of rotatable bonds is 5. The number of hydrogen-bond donors (Lipinski definition) is 3. The Morgan fingerprint density at radius 1 is 1.38 bits per heavy atom.